The Kier molecular flexibility index (Phi) is 3.71. The molecule has 0 radical (unpaired) electrons. The van der Waals surface area contributed by atoms with Crippen LogP contribution in [0.3, 0.4) is 0 Å². The summed E-state index contributed by atoms with van der Waals surface area (Å²) in [5.41, 5.74) is -1.16. The van der Waals surface area contributed by atoms with Crippen LogP contribution >= 0.6 is 15.9 Å². The predicted octanol–water partition coefficient (Wildman–Crippen LogP) is 4.24. The average Bonchev–Trinajstić information content (AvgIpc) is 2.39. The van der Waals surface area contributed by atoms with Crippen LogP contribution in [0, 0.1) is 23.3 Å². The third-order valence-electron chi connectivity index (χ3n) is 2.48. The van der Waals surface area contributed by atoms with Gasteiger partial charge in [0.25, 0.3) is 0 Å². The largest absolute Gasteiger partial charge is 0.288 e. The number of rotatable bonds is 2. The highest BCUT2D eigenvalue weighted by Crippen LogP contribution is 2.23. The number of carbonyl (C=O) groups is 1. The fraction of sp³-hybridized carbons (Fsp3) is 0. The minimum Gasteiger partial charge on any atom is -0.288 e. The van der Waals surface area contributed by atoms with Crippen LogP contribution < -0.4 is 0 Å². The summed E-state index contributed by atoms with van der Waals surface area (Å²) in [6.07, 6.45) is 0. The molecule has 19 heavy (non-hydrogen) atoms. The number of hydrogen-bond acceptors (Lipinski definition) is 1. The molecule has 0 aromatic heterocycles. The van der Waals surface area contributed by atoms with E-state index in [0.717, 1.165) is 12.1 Å². The molecule has 0 aliphatic heterocycles. The van der Waals surface area contributed by atoms with Crippen LogP contribution in [-0.2, 0) is 0 Å². The van der Waals surface area contributed by atoms with Gasteiger partial charge in [-0.2, -0.15) is 0 Å². The van der Waals surface area contributed by atoms with E-state index in [1.165, 1.54) is 12.1 Å². The Hall–Kier alpha value is -1.69. The maximum Gasteiger partial charge on any atom is 0.199 e. The van der Waals surface area contributed by atoms with Crippen LogP contribution in [0.25, 0.3) is 0 Å². The molecule has 2 rings (SSSR count). The second-order valence-electron chi connectivity index (χ2n) is 3.65. The molecule has 0 fully saturated rings. The summed E-state index contributed by atoms with van der Waals surface area (Å²) < 4.78 is 53.0. The highest BCUT2D eigenvalue weighted by molar-refractivity contribution is 9.10. The standard InChI is InChI=1S/C13H5BrF4O/c14-8-3-1-2-6(10(8)16)13(19)7-4-5-9(15)12(18)11(7)17/h1-5H. The van der Waals surface area contributed by atoms with Crippen LogP contribution in [0.2, 0.25) is 0 Å². The number of ketones is 1. The van der Waals surface area contributed by atoms with Gasteiger partial charge in [-0.15, -0.1) is 0 Å². The van der Waals surface area contributed by atoms with Crippen molar-refractivity contribution < 1.29 is 22.4 Å². The van der Waals surface area contributed by atoms with Gasteiger partial charge in [-0.3, -0.25) is 4.79 Å². The first kappa shape index (κ1) is 13.7. The van der Waals surface area contributed by atoms with Crippen molar-refractivity contribution in [1.29, 1.82) is 0 Å². The average molecular weight is 333 g/mol. The predicted molar refractivity (Wildman–Crippen MR) is 63.8 cm³/mol. The molecule has 0 unspecified atom stereocenters. The summed E-state index contributed by atoms with van der Waals surface area (Å²) >= 11 is 2.88. The first-order valence-electron chi connectivity index (χ1n) is 5.05. The minimum absolute atomic E-state index is 0.0151. The molecule has 0 aliphatic rings. The van der Waals surface area contributed by atoms with E-state index in [9.17, 15) is 22.4 Å². The number of hydrogen-bond donors (Lipinski definition) is 0. The Morgan fingerprint density at radius 2 is 1.47 bits per heavy atom. The molecule has 0 amide bonds. The summed E-state index contributed by atoms with van der Waals surface area (Å²) in [7, 11) is 0. The number of carbonyl (C=O) groups excluding carboxylic acids is 1. The fourth-order valence-corrected chi connectivity index (χ4v) is 1.89. The molecule has 0 saturated heterocycles. The van der Waals surface area contributed by atoms with Gasteiger partial charge in [-0.05, 0) is 40.2 Å². The molecule has 0 heterocycles. The van der Waals surface area contributed by atoms with Gasteiger partial charge in [-0.1, -0.05) is 6.07 Å². The molecule has 0 spiro atoms. The van der Waals surface area contributed by atoms with Crippen LogP contribution in [0.15, 0.2) is 34.8 Å². The fourth-order valence-electron chi connectivity index (χ4n) is 1.53. The molecule has 0 saturated carbocycles. The van der Waals surface area contributed by atoms with Crippen molar-refractivity contribution in [3.05, 3.63) is 69.2 Å². The molecule has 1 nitrogen and oxygen atoms in total. The normalized spacial score (nSPS) is 10.6. The molecule has 0 N–H and O–H groups in total. The van der Waals surface area contributed by atoms with Gasteiger partial charge in [0.15, 0.2) is 23.2 Å². The third kappa shape index (κ3) is 2.40. The van der Waals surface area contributed by atoms with Crippen molar-refractivity contribution in [2.24, 2.45) is 0 Å². The van der Waals surface area contributed by atoms with E-state index in [1.54, 1.807) is 0 Å². The van der Waals surface area contributed by atoms with Gasteiger partial charge < -0.3 is 0 Å². The molecule has 2 aromatic carbocycles. The lowest BCUT2D eigenvalue weighted by atomic mass is 10.0. The Balaban J connectivity index is 2.57. The summed E-state index contributed by atoms with van der Waals surface area (Å²) in [6, 6.07) is 5.24. The molecular weight excluding hydrogens is 328 g/mol. The van der Waals surface area contributed by atoms with Crippen molar-refractivity contribution in [3.63, 3.8) is 0 Å². The molecule has 0 bridgehead atoms. The lowest BCUT2D eigenvalue weighted by molar-refractivity contribution is 0.103. The zero-order valence-corrected chi connectivity index (χ0v) is 10.8. The molecule has 6 heteroatoms. The molecule has 0 atom stereocenters. The summed E-state index contributed by atoms with van der Waals surface area (Å²) in [4.78, 5) is 11.9. The van der Waals surface area contributed by atoms with Crippen molar-refractivity contribution >= 4 is 21.7 Å². The zero-order valence-electron chi connectivity index (χ0n) is 9.18. The zero-order chi connectivity index (χ0) is 14.2. The summed E-state index contributed by atoms with van der Waals surface area (Å²) in [5.74, 6) is -6.76. The smallest absolute Gasteiger partial charge is 0.199 e. The van der Waals surface area contributed by atoms with E-state index >= 15 is 0 Å². The Labute approximate surface area is 114 Å². The Bertz CT molecular complexity index is 670. The first-order valence-corrected chi connectivity index (χ1v) is 5.85. The van der Waals surface area contributed by atoms with E-state index in [1.807, 2.05) is 0 Å². The van der Waals surface area contributed by atoms with Crippen LogP contribution in [0.5, 0.6) is 0 Å². The monoisotopic (exact) mass is 332 g/mol. The maximum absolute atomic E-state index is 13.7. The van der Waals surface area contributed by atoms with Crippen molar-refractivity contribution in [3.8, 4) is 0 Å². The number of benzene rings is 2. The van der Waals surface area contributed by atoms with Gasteiger partial charge in [0.2, 0.25) is 0 Å². The molecular formula is C13H5BrF4O. The lowest BCUT2D eigenvalue weighted by Gasteiger charge is -2.06. The van der Waals surface area contributed by atoms with Gasteiger partial charge >= 0.3 is 0 Å². The molecule has 98 valence electrons. The second-order valence-corrected chi connectivity index (χ2v) is 4.51. The van der Waals surface area contributed by atoms with Gasteiger partial charge in [-0.25, -0.2) is 17.6 Å². The summed E-state index contributed by atoms with van der Waals surface area (Å²) in [5, 5.41) is 0. The molecule has 2 aromatic rings. The van der Waals surface area contributed by atoms with Crippen LogP contribution in [0.4, 0.5) is 17.6 Å². The van der Waals surface area contributed by atoms with E-state index < -0.39 is 40.2 Å². The van der Waals surface area contributed by atoms with Crippen LogP contribution in [0.1, 0.15) is 15.9 Å². The van der Waals surface area contributed by atoms with Gasteiger partial charge in [0, 0.05) is 0 Å². The Morgan fingerprint density at radius 1 is 0.842 bits per heavy atom. The van der Waals surface area contributed by atoms with E-state index in [4.69, 9.17) is 0 Å². The second kappa shape index (κ2) is 5.13. The van der Waals surface area contributed by atoms with Crippen LogP contribution in [-0.4, -0.2) is 5.78 Å². The van der Waals surface area contributed by atoms with E-state index in [-0.39, 0.29) is 4.47 Å². The van der Waals surface area contributed by atoms with E-state index in [0.29, 0.717) is 6.07 Å². The lowest BCUT2D eigenvalue weighted by Crippen LogP contribution is -2.09. The summed E-state index contributed by atoms with van der Waals surface area (Å²) in [6.45, 7) is 0. The Morgan fingerprint density at radius 3 is 2.16 bits per heavy atom. The first-order chi connectivity index (χ1) is 8.93. The quantitative estimate of drug-likeness (QED) is 0.457. The third-order valence-corrected chi connectivity index (χ3v) is 3.09. The molecule has 0 aliphatic carbocycles. The SMILES string of the molecule is O=C(c1cccc(Br)c1F)c1ccc(F)c(F)c1F. The van der Waals surface area contributed by atoms with Crippen molar-refractivity contribution in [2.45, 2.75) is 0 Å². The highest BCUT2D eigenvalue weighted by atomic mass is 79.9. The van der Waals surface area contributed by atoms with Crippen molar-refractivity contribution in [1.82, 2.24) is 0 Å². The van der Waals surface area contributed by atoms with Crippen molar-refractivity contribution in [2.75, 3.05) is 0 Å². The van der Waals surface area contributed by atoms with E-state index in [2.05, 4.69) is 15.9 Å². The highest BCUT2D eigenvalue weighted by Gasteiger charge is 2.22. The topological polar surface area (TPSA) is 17.1 Å². The number of halogens is 5. The maximum atomic E-state index is 13.7. The minimum atomic E-state index is -1.76. The van der Waals surface area contributed by atoms with Gasteiger partial charge in [0.1, 0.15) is 5.82 Å². The van der Waals surface area contributed by atoms with Gasteiger partial charge in [0.05, 0.1) is 15.6 Å².